The number of nitrogens with zero attached hydrogens (tertiary/aromatic N) is 3. The first kappa shape index (κ1) is 17.5. The molecule has 1 spiro atoms. The lowest BCUT2D eigenvalue weighted by molar-refractivity contribution is -0.135. The largest absolute Gasteiger partial charge is 0.370 e. The first-order valence-electron chi connectivity index (χ1n) is 9.98. The Hall–Kier alpha value is -2.61. The molecule has 8 heteroatoms. The third kappa shape index (κ3) is 2.58. The number of imidazole rings is 1. The van der Waals surface area contributed by atoms with Crippen LogP contribution in [0.3, 0.4) is 0 Å². The van der Waals surface area contributed by atoms with E-state index >= 15 is 0 Å². The molecule has 0 aliphatic carbocycles. The fraction of sp³-hybridized carbons (Fsp3) is 0.550. The molecule has 1 atom stereocenters. The second kappa shape index (κ2) is 6.20. The zero-order valence-corrected chi connectivity index (χ0v) is 16.0. The van der Waals surface area contributed by atoms with E-state index in [2.05, 4.69) is 15.5 Å². The second-order valence-electron chi connectivity index (χ2n) is 8.46. The molecule has 1 aromatic heterocycles. The molecule has 1 aromatic carbocycles. The Bertz CT molecular complexity index is 1020. The van der Waals surface area contributed by atoms with E-state index in [9.17, 15) is 14.4 Å². The number of amides is 2. The van der Waals surface area contributed by atoms with E-state index in [0.717, 1.165) is 42.9 Å². The monoisotopic (exact) mass is 383 g/mol. The van der Waals surface area contributed by atoms with Crippen molar-refractivity contribution in [3.05, 3.63) is 28.7 Å². The summed E-state index contributed by atoms with van der Waals surface area (Å²) in [5.74, 6) is -0.674. The van der Waals surface area contributed by atoms with Crippen molar-refractivity contribution in [3.8, 4) is 0 Å². The van der Waals surface area contributed by atoms with Crippen molar-refractivity contribution in [1.29, 1.82) is 0 Å². The van der Waals surface area contributed by atoms with Gasteiger partial charge in [-0.3, -0.25) is 24.0 Å². The van der Waals surface area contributed by atoms with Gasteiger partial charge in [-0.15, -0.1) is 0 Å². The predicted molar refractivity (Wildman–Crippen MR) is 105 cm³/mol. The van der Waals surface area contributed by atoms with E-state index in [4.69, 9.17) is 0 Å². The van der Waals surface area contributed by atoms with E-state index in [1.54, 1.807) is 11.6 Å². The third-order valence-corrected chi connectivity index (χ3v) is 6.68. The summed E-state index contributed by atoms with van der Waals surface area (Å²) >= 11 is 0. The molecule has 2 amide bonds. The second-order valence-corrected chi connectivity index (χ2v) is 8.46. The number of fused-ring (bicyclic) bond motifs is 1. The van der Waals surface area contributed by atoms with Crippen molar-refractivity contribution in [2.45, 2.75) is 31.7 Å². The Morgan fingerprint density at radius 3 is 2.54 bits per heavy atom. The van der Waals surface area contributed by atoms with Crippen LogP contribution in [0, 0.1) is 5.41 Å². The highest BCUT2D eigenvalue weighted by molar-refractivity contribution is 6.00. The lowest BCUT2D eigenvalue weighted by Crippen LogP contribution is -2.60. The summed E-state index contributed by atoms with van der Waals surface area (Å²) in [6.07, 6.45) is 3.04. The van der Waals surface area contributed by atoms with Crippen LogP contribution in [0.2, 0.25) is 0 Å². The Labute approximate surface area is 162 Å². The number of carbonyl (C=O) groups is 2. The number of piperidine rings is 2. The summed E-state index contributed by atoms with van der Waals surface area (Å²) in [5, 5.41) is 5.78. The number of imide groups is 1. The van der Waals surface area contributed by atoms with E-state index in [1.165, 1.54) is 17.4 Å². The molecule has 148 valence electrons. The lowest BCUT2D eigenvalue weighted by atomic mass is 9.72. The Kier molecular flexibility index (Phi) is 3.87. The van der Waals surface area contributed by atoms with Crippen molar-refractivity contribution in [3.63, 3.8) is 0 Å². The van der Waals surface area contributed by atoms with Crippen LogP contribution in [0.1, 0.15) is 31.7 Å². The van der Waals surface area contributed by atoms with Crippen molar-refractivity contribution in [1.82, 2.24) is 19.8 Å². The first-order valence-corrected chi connectivity index (χ1v) is 9.98. The van der Waals surface area contributed by atoms with Gasteiger partial charge in [-0.2, -0.15) is 0 Å². The zero-order valence-electron chi connectivity index (χ0n) is 16.0. The van der Waals surface area contributed by atoms with Crippen LogP contribution in [-0.2, 0) is 16.6 Å². The molecule has 28 heavy (non-hydrogen) atoms. The van der Waals surface area contributed by atoms with Gasteiger partial charge in [0, 0.05) is 37.7 Å². The molecular weight excluding hydrogens is 358 g/mol. The summed E-state index contributed by atoms with van der Waals surface area (Å²) < 4.78 is 3.13. The standard InChI is InChI=1S/C20H25N5O3/c1-23-16-10-13(24-11-20(12-24)6-8-21-9-7-20)2-3-14(16)25(19(23)28)15-4-5-17(26)22-18(15)27/h2-3,10,15,21H,4-9,11-12H2,1H3,(H,22,26,27). The third-order valence-electron chi connectivity index (χ3n) is 6.68. The molecule has 2 aromatic rings. The normalized spacial score (nSPS) is 24.5. The molecule has 5 rings (SSSR count). The lowest BCUT2D eigenvalue weighted by Gasteiger charge is -2.53. The SMILES string of the molecule is Cn1c(=O)n(C2CCC(=O)NC2=O)c2ccc(N3CC4(CCNCC4)C3)cc21. The fourth-order valence-electron chi connectivity index (χ4n) is 5.00. The van der Waals surface area contributed by atoms with Gasteiger partial charge in [-0.1, -0.05) is 0 Å². The van der Waals surface area contributed by atoms with Crippen LogP contribution in [0.15, 0.2) is 23.0 Å². The number of nitrogens with one attached hydrogen (secondary N) is 2. The number of aromatic nitrogens is 2. The van der Waals surface area contributed by atoms with Gasteiger partial charge < -0.3 is 10.2 Å². The van der Waals surface area contributed by atoms with Crippen LogP contribution >= 0.6 is 0 Å². The maximum Gasteiger partial charge on any atom is 0.329 e. The van der Waals surface area contributed by atoms with Gasteiger partial charge in [0.1, 0.15) is 6.04 Å². The average molecular weight is 383 g/mol. The molecule has 3 fully saturated rings. The smallest absolute Gasteiger partial charge is 0.329 e. The van der Waals surface area contributed by atoms with Gasteiger partial charge in [0.05, 0.1) is 11.0 Å². The summed E-state index contributed by atoms with van der Waals surface area (Å²) in [4.78, 5) is 39.0. The van der Waals surface area contributed by atoms with Gasteiger partial charge in [0.15, 0.2) is 0 Å². The molecule has 0 bridgehead atoms. The highest BCUT2D eigenvalue weighted by Gasteiger charge is 2.43. The van der Waals surface area contributed by atoms with Gasteiger partial charge in [0.25, 0.3) is 0 Å². The Morgan fingerprint density at radius 2 is 1.82 bits per heavy atom. The molecule has 8 nitrogen and oxygen atoms in total. The number of anilines is 1. The van der Waals surface area contributed by atoms with Crippen LogP contribution in [0.5, 0.6) is 0 Å². The van der Waals surface area contributed by atoms with Gasteiger partial charge >= 0.3 is 5.69 Å². The molecule has 0 saturated carbocycles. The average Bonchev–Trinajstić information content (AvgIpc) is 2.91. The van der Waals surface area contributed by atoms with Crippen molar-refractivity contribution in [2.24, 2.45) is 12.5 Å². The molecule has 3 aliphatic heterocycles. The van der Waals surface area contributed by atoms with Gasteiger partial charge in [-0.25, -0.2) is 4.79 Å². The number of carbonyl (C=O) groups excluding carboxylic acids is 2. The topological polar surface area (TPSA) is 88.4 Å². The van der Waals surface area contributed by atoms with Crippen LogP contribution < -0.4 is 21.2 Å². The number of aryl methyl sites for hydroxylation is 1. The van der Waals surface area contributed by atoms with E-state index in [1.807, 2.05) is 18.2 Å². The van der Waals surface area contributed by atoms with Crippen molar-refractivity contribution >= 4 is 28.5 Å². The van der Waals surface area contributed by atoms with Crippen LogP contribution in [0.4, 0.5) is 5.69 Å². The summed E-state index contributed by atoms with van der Waals surface area (Å²) in [6, 6.07) is 5.38. The molecule has 1 unspecified atom stereocenters. The minimum atomic E-state index is -0.637. The number of benzene rings is 1. The number of hydrogen-bond acceptors (Lipinski definition) is 5. The number of hydrogen-bond donors (Lipinski definition) is 2. The number of rotatable bonds is 2. The maximum atomic E-state index is 12.9. The minimum absolute atomic E-state index is 0.222. The van der Waals surface area contributed by atoms with Crippen LogP contribution in [0.25, 0.3) is 11.0 Å². The van der Waals surface area contributed by atoms with E-state index < -0.39 is 11.9 Å². The van der Waals surface area contributed by atoms with Gasteiger partial charge in [-0.05, 0) is 50.6 Å². The molecular formula is C20H25N5O3. The van der Waals surface area contributed by atoms with E-state index in [-0.39, 0.29) is 18.0 Å². The molecule has 2 N–H and O–H groups in total. The zero-order chi connectivity index (χ0) is 19.5. The summed E-state index contributed by atoms with van der Waals surface area (Å²) in [6.45, 7) is 4.30. The maximum absolute atomic E-state index is 12.9. The van der Waals surface area contributed by atoms with E-state index in [0.29, 0.717) is 11.8 Å². The Balaban J connectivity index is 1.47. The fourth-order valence-corrected chi connectivity index (χ4v) is 5.00. The van der Waals surface area contributed by atoms with Crippen molar-refractivity contribution in [2.75, 3.05) is 31.1 Å². The highest BCUT2D eigenvalue weighted by atomic mass is 16.2. The highest BCUT2D eigenvalue weighted by Crippen LogP contribution is 2.41. The molecule has 0 radical (unpaired) electrons. The molecule has 3 aliphatic rings. The minimum Gasteiger partial charge on any atom is -0.370 e. The summed E-state index contributed by atoms with van der Waals surface area (Å²) in [5.41, 5.74) is 2.89. The quantitative estimate of drug-likeness (QED) is 0.738. The molecule has 3 saturated heterocycles. The predicted octanol–water partition coefficient (Wildman–Crippen LogP) is 0.508. The Morgan fingerprint density at radius 1 is 1.07 bits per heavy atom. The first-order chi connectivity index (χ1) is 13.5. The molecule has 4 heterocycles. The van der Waals surface area contributed by atoms with Gasteiger partial charge in [0.2, 0.25) is 11.8 Å². The van der Waals surface area contributed by atoms with Crippen molar-refractivity contribution < 1.29 is 9.59 Å². The van der Waals surface area contributed by atoms with Crippen LogP contribution in [-0.4, -0.2) is 47.1 Å². The summed E-state index contributed by atoms with van der Waals surface area (Å²) in [7, 11) is 1.74.